The van der Waals surface area contributed by atoms with Crippen LogP contribution in [0.25, 0.3) is 0 Å². The molecule has 8 heteroatoms. The van der Waals surface area contributed by atoms with E-state index < -0.39 is 0 Å². The van der Waals surface area contributed by atoms with E-state index in [2.05, 4.69) is 17.1 Å². The van der Waals surface area contributed by atoms with Crippen molar-refractivity contribution in [1.29, 1.82) is 0 Å². The molecule has 0 saturated carbocycles. The fourth-order valence-electron chi connectivity index (χ4n) is 5.05. The molecule has 0 radical (unpaired) electrons. The van der Waals surface area contributed by atoms with Crippen LogP contribution >= 0.6 is 0 Å². The molecule has 3 aliphatic heterocycles. The molecular formula is C23H36N6O2. The second kappa shape index (κ2) is 9.51. The molecule has 4 rings (SSSR count). The molecule has 0 unspecified atom stereocenters. The molecular weight excluding hydrogens is 392 g/mol. The van der Waals surface area contributed by atoms with Crippen LogP contribution in [0.5, 0.6) is 0 Å². The van der Waals surface area contributed by atoms with E-state index in [1.165, 1.54) is 0 Å². The van der Waals surface area contributed by atoms with Gasteiger partial charge in [-0.05, 0) is 38.1 Å². The molecule has 8 nitrogen and oxygen atoms in total. The fourth-order valence-corrected chi connectivity index (χ4v) is 5.05. The first-order chi connectivity index (χ1) is 14.9. The van der Waals surface area contributed by atoms with Crippen LogP contribution in [0, 0.1) is 5.92 Å². The third-order valence-electron chi connectivity index (χ3n) is 7.13. The summed E-state index contributed by atoms with van der Waals surface area (Å²) >= 11 is 0. The SMILES string of the molecule is CNc1nc([C@H]2CCCN(CC(=O)N3CCC(C)CC3)C2)nc2c1CN(C(C)=O)CC2. The van der Waals surface area contributed by atoms with Crippen molar-refractivity contribution < 1.29 is 9.59 Å². The highest BCUT2D eigenvalue weighted by atomic mass is 16.2. The molecule has 170 valence electrons. The summed E-state index contributed by atoms with van der Waals surface area (Å²) in [4.78, 5) is 40.6. The summed E-state index contributed by atoms with van der Waals surface area (Å²) in [7, 11) is 1.88. The maximum absolute atomic E-state index is 12.8. The molecule has 1 aromatic heterocycles. The minimum absolute atomic E-state index is 0.0903. The lowest BCUT2D eigenvalue weighted by Gasteiger charge is -2.35. The lowest BCUT2D eigenvalue weighted by Crippen LogP contribution is -2.46. The van der Waals surface area contributed by atoms with Crippen molar-refractivity contribution in [3.63, 3.8) is 0 Å². The van der Waals surface area contributed by atoms with Crippen molar-refractivity contribution in [3.05, 3.63) is 17.1 Å². The summed E-state index contributed by atoms with van der Waals surface area (Å²) in [5, 5.41) is 3.22. The van der Waals surface area contributed by atoms with Gasteiger partial charge in [0.15, 0.2) is 0 Å². The number of rotatable bonds is 4. The number of hydrogen-bond donors (Lipinski definition) is 1. The Bertz CT molecular complexity index is 803. The fraction of sp³-hybridized carbons (Fsp3) is 0.739. The number of amides is 2. The van der Waals surface area contributed by atoms with Gasteiger partial charge in [0.2, 0.25) is 11.8 Å². The van der Waals surface area contributed by atoms with Gasteiger partial charge in [-0.2, -0.15) is 0 Å². The van der Waals surface area contributed by atoms with Crippen LogP contribution < -0.4 is 5.32 Å². The summed E-state index contributed by atoms with van der Waals surface area (Å²) in [6.07, 6.45) is 5.10. The first-order valence-corrected chi connectivity index (χ1v) is 11.8. The van der Waals surface area contributed by atoms with Gasteiger partial charge >= 0.3 is 0 Å². The Kier molecular flexibility index (Phi) is 6.74. The molecule has 0 bridgehead atoms. The molecule has 0 aliphatic carbocycles. The van der Waals surface area contributed by atoms with Crippen LogP contribution in [0.4, 0.5) is 5.82 Å². The number of nitrogens with zero attached hydrogens (tertiary/aromatic N) is 5. The van der Waals surface area contributed by atoms with Crippen LogP contribution in [-0.2, 0) is 22.6 Å². The van der Waals surface area contributed by atoms with Crippen LogP contribution in [0.3, 0.4) is 0 Å². The standard InChI is InChI=1S/C23H36N6O2/c1-16-6-10-28(11-7-16)21(31)15-27-9-4-5-18(13-27)22-25-20-8-12-29(17(2)30)14-19(20)23(24-3)26-22/h16,18H,4-15H2,1-3H3,(H,24,25,26)/t18-/m0/s1. The van der Waals surface area contributed by atoms with E-state index in [1.54, 1.807) is 6.92 Å². The van der Waals surface area contributed by atoms with Gasteiger partial charge in [-0.1, -0.05) is 6.92 Å². The predicted octanol–water partition coefficient (Wildman–Crippen LogP) is 1.86. The molecule has 1 N–H and O–H groups in total. The zero-order valence-electron chi connectivity index (χ0n) is 19.2. The second-order valence-corrected chi connectivity index (χ2v) is 9.43. The van der Waals surface area contributed by atoms with E-state index in [9.17, 15) is 9.59 Å². The van der Waals surface area contributed by atoms with Gasteiger partial charge in [0.05, 0.1) is 18.8 Å². The number of nitrogens with one attached hydrogen (secondary N) is 1. The molecule has 0 spiro atoms. The molecule has 3 aliphatic rings. The Balaban J connectivity index is 1.43. The van der Waals surface area contributed by atoms with Gasteiger partial charge in [0.1, 0.15) is 11.6 Å². The van der Waals surface area contributed by atoms with Crippen molar-refractivity contribution in [3.8, 4) is 0 Å². The number of carbonyl (C=O) groups excluding carboxylic acids is 2. The lowest BCUT2D eigenvalue weighted by atomic mass is 9.96. The molecule has 2 fully saturated rings. The third kappa shape index (κ3) is 5.00. The number of carbonyl (C=O) groups is 2. The quantitative estimate of drug-likeness (QED) is 0.788. The lowest BCUT2D eigenvalue weighted by molar-refractivity contribution is -0.134. The van der Waals surface area contributed by atoms with Crippen LogP contribution in [0.15, 0.2) is 0 Å². The Labute approximate surface area is 185 Å². The van der Waals surface area contributed by atoms with Gasteiger partial charge in [0, 0.05) is 58.1 Å². The normalized spacial score (nSPS) is 22.9. The Morgan fingerprint density at radius 1 is 1.06 bits per heavy atom. The minimum Gasteiger partial charge on any atom is -0.373 e. The van der Waals surface area contributed by atoms with E-state index in [-0.39, 0.29) is 17.7 Å². The number of aromatic nitrogens is 2. The average molecular weight is 429 g/mol. The van der Waals surface area contributed by atoms with Crippen LogP contribution in [-0.4, -0.2) is 82.8 Å². The van der Waals surface area contributed by atoms with Gasteiger partial charge in [-0.15, -0.1) is 0 Å². The Morgan fingerprint density at radius 3 is 2.55 bits per heavy atom. The van der Waals surface area contributed by atoms with E-state index in [4.69, 9.17) is 9.97 Å². The second-order valence-electron chi connectivity index (χ2n) is 9.43. The molecule has 1 aromatic rings. The Morgan fingerprint density at radius 2 is 1.84 bits per heavy atom. The number of fused-ring (bicyclic) bond motifs is 1. The summed E-state index contributed by atoms with van der Waals surface area (Å²) in [6.45, 7) is 9.25. The predicted molar refractivity (Wildman–Crippen MR) is 120 cm³/mol. The van der Waals surface area contributed by atoms with Crippen molar-refractivity contribution in [2.24, 2.45) is 5.92 Å². The molecule has 2 amide bonds. The van der Waals surface area contributed by atoms with Gasteiger partial charge in [0.25, 0.3) is 0 Å². The molecule has 2 saturated heterocycles. The van der Waals surface area contributed by atoms with Crippen molar-refractivity contribution in [1.82, 2.24) is 24.7 Å². The zero-order valence-corrected chi connectivity index (χ0v) is 19.2. The monoisotopic (exact) mass is 428 g/mol. The largest absolute Gasteiger partial charge is 0.373 e. The number of anilines is 1. The van der Waals surface area contributed by atoms with Gasteiger partial charge in [-0.25, -0.2) is 9.97 Å². The van der Waals surface area contributed by atoms with Crippen LogP contribution in [0.1, 0.15) is 62.5 Å². The summed E-state index contributed by atoms with van der Waals surface area (Å²) in [5.41, 5.74) is 2.09. The van der Waals surface area contributed by atoms with Crippen molar-refractivity contribution >= 4 is 17.6 Å². The number of hydrogen-bond acceptors (Lipinski definition) is 6. The molecule has 31 heavy (non-hydrogen) atoms. The highest BCUT2D eigenvalue weighted by Crippen LogP contribution is 2.30. The highest BCUT2D eigenvalue weighted by molar-refractivity contribution is 5.78. The number of piperidine rings is 2. The zero-order chi connectivity index (χ0) is 22.0. The maximum Gasteiger partial charge on any atom is 0.236 e. The van der Waals surface area contributed by atoms with Gasteiger partial charge < -0.3 is 15.1 Å². The molecule has 4 heterocycles. The van der Waals surface area contributed by atoms with E-state index >= 15 is 0 Å². The average Bonchev–Trinajstić information content (AvgIpc) is 2.78. The van der Waals surface area contributed by atoms with Crippen molar-refractivity contribution in [2.45, 2.75) is 58.4 Å². The third-order valence-corrected chi connectivity index (χ3v) is 7.13. The maximum atomic E-state index is 12.8. The first-order valence-electron chi connectivity index (χ1n) is 11.8. The smallest absolute Gasteiger partial charge is 0.236 e. The van der Waals surface area contributed by atoms with E-state index in [0.29, 0.717) is 19.6 Å². The summed E-state index contributed by atoms with van der Waals surface area (Å²) in [6, 6.07) is 0. The van der Waals surface area contributed by atoms with E-state index in [0.717, 1.165) is 87.1 Å². The summed E-state index contributed by atoms with van der Waals surface area (Å²) < 4.78 is 0. The summed E-state index contributed by atoms with van der Waals surface area (Å²) in [5.74, 6) is 3.04. The topological polar surface area (TPSA) is 81.7 Å². The minimum atomic E-state index is 0.0903. The van der Waals surface area contributed by atoms with Gasteiger partial charge in [-0.3, -0.25) is 14.5 Å². The molecule has 1 atom stereocenters. The Hall–Kier alpha value is -2.22. The van der Waals surface area contributed by atoms with E-state index in [1.807, 2.05) is 16.8 Å². The number of likely N-dealkylation sites (tertiary alicyclic amines) is 2. The first kappa shape index (κ1) is 22.0. The van der Waals surface area contributed by atoms with Crippen molar-refractivity contribution in [2.75, 3.05) is 51.6 Å². The van der Waals surface area contributed by atoms with Crippen LogP contribution in [0.2, 0.25) is 0 Å². The molecule has 0 aromatic carbocycles. The highest BCUT2D eigenvalue weighted by Gasteiger charge is 2.30.